The Kier molecular flexibility index (Phi) is 5.98. The van der Waals surface area contributed by atoms with Crippen LogP contribution in [0.4, 0.5) is 13.2 Å². The number of nitrogens with zero attached hydrogens (tertiary/aromatic N) is 3. The molecule has 0 saturated carbocycles. The van der Waals surface area contributed by atoms with Crippen molar-refractivity contribution in [2.75, 3.05) is 6.54 Å². The van der Waals surface area contributed by atoms with E-state index in [-0.39, 0.29) is 34.4 Å². The molecule has 2 heterocycles. The first kappa shape index (κ1) is 22.2. The lowest BCUT2D eigenvalue weighted by Gasteiger charge is -2.27. The minimum atomic E-state index is -4.54. The summed E-state index contributed by atoms with van der Waals surface area (Å²) in [6.07, 6.45) is -1.80. The fourth-order valence-corrected chi connectivity index (χ4v) is 3.17. The van der Waals surface area contributed by atoms with Crippen LogP contribution in [0.5, 0.6) is 11.6 Å². The first-order valence-electron chi connectivity index (χ1n) is 8.91. The molecule has 0 atom stereocenters. The van der Waals surface area contributed by atoms with Gasteiger partial charge < -0.3 is 4.74 Å². The number of nitrogens with one attached hydrogen (secondary N) is 1. The van der Waals surface area contributed by atoms with E-state index in [1.165, 1.54) is 36.0 Å². The number of ether oxygens (including phenoxy) is 1. The number of benzene rings is 1. The topological polar surface area (TPSA) is 76.5 Å². The molecular formula is C20H17F3N4O3S. The van der Waals surface area contributed by atoms with Crippen LogP contribution < -0.4 is 10.1 Å². The summed E-state index contributed by atoms with van der Waals surface area (Å²) in [5, 5.41) is 6.57. The summed E-state index contributed by atoms with van der Waals surface area (Å²) in [4.78, 5) is 26.3. The summed E-state index contributed by atoms with van der Waals surface area (Å²) in [6, 6.07) is 4.34. The summed E-state index contributed by atoms with van der Waals surface area (Å²) in [5.74, 6) is -1.36. The molecule has 1 saturated heterocycles. The largest absolute Gasteiger partial charge is 0.439 e. The van der Waals surface area contributed by atoms with E-state index in [2.05, 4.69) is 17.0 Å². The van der Waals surface area contributed by atoms with E-state index in [1.807, 2.05) is 0 Å². The zero-order valence-electron chi connectivity index (χ0n) is 16.5. The third kappa shape index (κ3) is 4.50. The van der Waals surface area contributed by atoms with Gasteiger partial charge in [-0.25, -0.2) is 4.68 Å². The highest BCUT2D eigenvalue weighted by Crippen LogP contribution is 2.34. The van der Waals surface area contributed by atoms with E-state index < -0.39 is 23.6 Å². The molecule has 2 aromatic rings. The molecule has 1 N–H and O–H groups in total. The number of hydrogen-bond donors (Lipinski definition) is 1. The van der Waals surface area contributed by atoms with E-state index in [0.29, 0.717) is 5.69 Å². The molecule has 7 nitrogen and oxygen atoms in total. The first-order valence-corrected chi connectivity index (χ1v) is 9.32. The normalized spacial score (nSPS) is 16.0. The van der Waals surface area contributed by atoms with Crippen LogP contribution in [-0.2, 0) is 22.8 Å². The maximum Gasteiger partial charge on any atom is 0.416 e. The van der Waals surface area contributed by atoms with E-state index >= 15 is 0 Å². The van der Waals surface area contributed by atoms with Gasteiger partial charge in [-0.05, 0) is 43.4 Å². The molecule has 0 aliphatic carbocycles. The van der Waals surface area contributed by atoms with Crippen LogP contribution in [0.25, 0.3) is 6.08 Å². The van der Waals surface area contributed by atoms with E-state index in [0.717, 1.165) is 17.0 Å². The highest BCUT2D eigenvalue weighted by atomic mass is 32.1. The lowest BCUT2D eigenvalue weighted by atomic mass is 10.1. The van der Waals surface area contributed by atoms with Gasteiger partial charge in [0.2, 0.25) is 5.88 Å². The number of carbonyl (C=O) groups excluding carboxylic acids is 2. The van der Waals surface area contributed by atoms with Crippen LogP contribution in [0.2, 0.25) is 0 Å². The Balaban J connectivity index is 2.03. The van der Waals surface area contributed by atoms with E-state index in [9.17, 15) is 22.8 Å². The number of amides is 2. The Morgan fingerprint density at radius 2 is 2.03 bits per heavy atom. The lowest BCUT2D eigenvalue weighted by Crippen LogP contribution is -2.53. The molecule has 1 aliphatic rings. The number of halogens is 3. The van der Waals surface area contributed by atoms with Crippen molar-refractivity contribution >= 4 is 35.2 Å². The van der Waals surface area contributed by atoms with E-state index in [4.69, 9.17) is 17.0 Å². The molecule has 31 heavy (non-hydrogen) atoms. The molecule has 1 fully saturated rings. The smallest absolute Gasteiger partial charge is 0.416 e. The molecule has 0 bridgehead atoms. The number of aromatic nitrogens is 2. The number of aryl methyl sites for hydroxylation is 2. The van der Waals surface area contributed by atoms with E-state index in [1.54, 1.807) is 6.92 Å². The number of carbonyl (C=O) groups is 2. The third-order valence-electron chi connectivity index (χ3n) is 4.38. The molecule has 1 aromatic heterocycles. The average molecular weight is 450 g/mol. The van der Waals surface area contributed by atoms with Crippen molar-refractivity contribution in [3.8, 4) is 11.6 Å². The molecule has 0 spiro atoms. The van der Waals surface area contributed by atoms with Gasteiger partial charge in [0.25, 0.3) is 11.8 Å². The second-order valence-corrected chi connectivity index (χ2v) is 6.96. The summed E-state index contributed by atoms with van der Waals surface area (Å²) < 4.78 is 46.0. The zero-order valence-corrected chi connectivity index (χ0v) is 17.3. The molecule has 1 aliphatic heterocycles. The van der Waals surface area contributed by atoms with Crippen LogP contribution >= 0.6 is 12.2 Å². The van der Waals surface area contributed by atoms with Crippen LogP contribution in [0.3, 0.4) is 0 Å². The minimum Gasteiger partial charge on any atom is -0.439 e. The number of rotatable bonds is 5. The van der Waals surface area contributed by atoms with Gasteiger partial charge in [0.05, 0.1) is 16.8 Å². The summed E-state index contributed by atoms with van der Waals surface area (Å²) in [7, 11) is 1.53. The highest BCUT2D eigenvalue weighted by Gasteiger charge is 2.34. The Morgan fingerprint density at radius 1 is 1.32 bits per heavy atom. The van der Waals surface area contributed by atoms with Gasteiger partial charge in [0.1, 0.15) is 11.3 Å². The van der Waals surface area contributed by atoms with Crippen LogP contribution in [-0.4, -0.2) is 38.2 Å². The predicted octanol–water partition coefficient (Wildman–Crippen LogP) is 3.35. The van der Waals surface area contributed by atoms with Gasteiger partial charge in [-0.15, -0.1) is 6.58 Å². The molecule has 11 heteroatoms. The summed E-state index contributed by atoms with van der Waals surface area (Å²) in [6.45, 7) is 5.26. The second-order valence-electron chi connectivity index (χ2n) is 6.58. The average Bonchev–Trinajstić information content (AvgIpc) is 2.94. The van der Waals surface area contributed by atoms with Gasteiger partial charge in [0.15, 0.2) is 5.11 Å². The van der Waals surface area contributed by atoms with Crippen molar-refractivity contribution < 1.29 is 27.5 Å². The van der Waals surface area contributed by atoms with Crippen molar-refractivity contribution in [3.63, 3.8) is 0 Å². The van der Waals surface area contributed by atoms with Gasteiger partial charge in [0, 0.05) is 13.6 Å². The first-order chi connectivity index (χ1) is 14.5. The Labute approximate surface area is 180 Å². The third-order valence-corrected chi connectivity index (χ3v) is 4.70. The Morgan fingerprint density at radius 3 is 2.68 bits per heavy atom. The molecule has 1 aromatic carbocycles. The maximum atomic E-state index is 13.0. The monoisotopic (exact) mass is 450 g/mol. The Bertz CT molecular complexity index is 1120. The van der Waals surface area contributed by atoms with Gasteiger partial charge in [-0.1, -0.05) is 12.1 Å². The number of thiocarbonyl (C=S) groups is 1. The summed E-state index contributed by atoms with van der Waals surface area (Å²) in [5.41, 5.74) is -0.426. The van der Waals surface area contributed by atoms with Crippen molar-refractivity contribution in [3.05, 3.63) is 59.3 Å². The van der Waals surface area contributed by atoms with Gasteiger partial charge in [-0.3, -0.25) is 19.8 Å². The maximum absolute atomic E-state index is 13.0. The molecule has 162 valence electrons. The fraction of sp³-hybridized carbons (Fsp3) is 0.200. The van der Waals surface area contributed by atoms with Crippen molar-refractivity contribution in [2.45, 2.75) is 13.1 Å². The fourth-order valence-electron chi connectivity index (χ4n) is 2.92. The molecule has 0 radical (unpaired) electrons. The quantitative estimate of drug-likeness (QED) is 0.327. The Hall–Kier alpha value is -3.47. The lowest BCUT2D eigenvalue weighted by molar-refractivity contribution is -0.137. The highest BCUT2D eigenvalue weighted by molar-refractivity contribution is 7.80. The van der Waals surface area contributed by atoms with Crippen molar-refractivity contribution in [2.24, 2.45) is 7.05 Å². The van der Waals surface area contributed by atoms with Crippen LogP contribution in [0, 0.1) is 6.92 Å². The van der Waals surface area contributed by atoms with Crippen molar-refractivity contribution in [1.82, 2.24) is 20.0 Å². The molecular weight excluding hydrogens is 433 g/mol. The number of alkyl halides is 3. The SMILES string of the molecule is C=CCN1C(=O)C(=Cc2c(C)nn(C)c2Oc2cccc(C(F)(F)F)c2)C(=O)NC1=S. The molecule has 3 rings (SSSR count). The molecule has 2 amide bonds. The van der Waals surface area contributed by atoms with Gasteiger partial charge >= 0.3 is 6.18 Å². The second kappa shape index (κ2) is 8.34. The van der Waals surface area contributed by atoms with Gasteiger partial charge in [-0.2, -0.15) is 18.3 Å². The molecule has 0 unspecified atom stereocenters. The standard InChI is InChI=1S/C20H17F3N4O3S/c1-4-8-27-17(29)15(16(28)24-19(27)31)10-14-11(2)25-26(3)18(14)30-13-7-5-6-12(9-13)20(21,22)23/h4-7,9-10H,1,8H2,2-3H3,(H,24,28,31). The van der Waals surface area contributed by atoms with Crippen LogP contribution in [0.15, 0.2) is 42.5 Å². The summed E-state index contributed by atoms with van der Waals surface area (Å²) >= 11 is 5.01. The predicted molar refractivity (Wildman–Crippen MR) is 110 cm³/mol. The van der Waals surface area contributed by atoms with Crippen LogP contribution in [0.1, 0.15) is 16.8 Å². The zero-order chi connectivity index (χ0) is 22.9. The van der Waals surface area contributed by atoms with Crippen molar-refractivity contribution in [1.29, 1.82) is 0 Å². The minimum absolute atomic E-state index is 0.0459. The number of hydrogen-bond acceptors (Lipinski definition) is 5.